The maximum absolute atomic E-state index is 11.1. The van der Waals surface area contributed by atoms with Crippen LogP contribution in [0.5, 0.6) is 0 Å². The zero-order valence-corrected chi connectivity index (χ0v) is 9.83. The molecule has 1 fully saturated rings. The normalized spacial score (nSPS) is 16.8. The summed E-state index contributed by atoms with van der Waals surface area (Å²) in [5, 5.41) is 16.8. The Labute approximate surface area is 103 Å². The van der Waals surface area contributed by atoms with Crippen LogP contribution in [0.4, 0.5) is 11.6 Å². The van der Waals surface area contributed by atoms with Crippen LogP contribution in [0.1, 0.15) is 12.8 Å². The number of primary amides is 1. The van der Waals surface area contributed by atoms with Crippen molar-refractivity contribution in [2.24, 2.45) is 11.7 Å². The summed E-state index contributed by atoms with van der Waals surface area (Å²) in [6.45, 7) is 1.27. The highest BCUT2D eigenvalue weighted by Gasteiger charge is 2.24. The third kappa shape index (κ3) is 2.22. The molecule has 0 atom stereocenters. The molecule has 0 radical (unpaired) electrons. The van der Waals surface area contributed by atoms with Gasteiger partial charge in [-0.25, -0.2) is 0 Å². The molecule has 0 bridgehead atoms. The molecule has 98 valence electrons. The SMILES string of the molecule is N=c1nc(N2CCC(C(N)=O)CC2)cc(N)n1O. The summed E-state index contributed by atoms with van der Waals surface area (Å²) in [4.78, 5) is 16.9. The molecule has 0 aromatic carbocycles. The van der Waals surface area contributed by atoms with Gasteiger partial charge in [0.15, 0.2) is 0 Å². The highest BCUT2D eigenvalue weighted by molar-refractivity contribution is 5.77. The molecular weight excluding hydrogens is 236 g/mol. The van der Waals surface area contributed by atoms with Crippen molar-refractivity contribution in [3.05, 3.63) is 11.7 Å². The highest BCUT2D eigenvalue weighted by Crippen LogP contribution is 2.21. The molecule has 0 spiro atoms. The van der Waals surface area contributed by atoms with Crippen LogP contribution in [0.25, 0.3) is 0 Å². The largest absolute Gasteiger partial charge is 0.423 e. The molecule has 2 heterocycles. The minimum absolute atomic E-state index is 0.0574. The van der Waals surface area contributed by atoms with Gasteiger partial charge in [0, 0.05) is 25.1 Å². The Bertz CT molecular complexity index is 518. The Kier molecular flexibility index (Phi) is 3.09. The molecule has 8 heteroatoms. The van der Waals surface area contributed by atoms with Gasteiger partial charge in [-0.15, -0.1) is 4.73 Å². The number of nitrogen functional groups attached to an aromatic ring is 1. The molecule has 0 saturated carbocycles. The van der Waals surface area contributed by atoms with Crippen LogP contribution in [-0.4, -0.2) is 33.9 Å². The van der Waals surface area contributed by atoms with Gasteiger partial charge in [0.2, 0.25) is 5.91 Å². The first kappa shape index (κ1) is 12.2. The number of aromatic nitrogens is 2. The first-order valence-corrected chi connectivity index (χ1v) is 5.66. The minimum Gasteiger partial charge on any atom is -0.423 e. The van der Waals surface area contributed by atoms with Gasteiger partial charge >= 0.3 is 0 Å². The van der Waals surface area contributed by atoms with Crippen LogP contribution in [0.3, 0.4) is 0 Å². The summed E-state index contributed by atoms with van der Waals surface area (Å²) < 4.78 is 0.514. The van der Waals surface area contributed by atoms with Gasteiger partial charge < -0.3 is 21.6 Å². The zero-order chi connectivity index (χ0) is 13.3. The lowest BCUT2D eigenvalue weighted by atomic mass is 9.96. The van der Waals surface area contributed by atoms with E-state index in [0.717, 1.165) is 0 Å². The number of nitrogens with two attached hydrogens (primary N) is 2. The van der Waals surface area contributed by atoms with E-state index >= 15 is 0 Å². The number of anilines is 2. The number of hydrogen-bond donors (Lipinski definition) is 4. The zero-order valence-electron chi connectivity index (χ0n) is 9.83. The van der Waals surface area contributed by atoms with E-state index in [0.29, 0.717) is 36.5 Å². The number of nitrogens with zero attached hydrogens (tertiary/aromatic N) is 3. The van der Waals surface area contributed by atoms with Crippen molar-refractivity contribution in [2.45, 2.75) is 12.8 Å². The second-order valence-corrected chi connectivity index (χ2v) is 4.34. The van der Waals surface area contributed by atoms with Crippen LogP contribution < -0.4 is 22.0 Å². The topological polar surface area (TPSA) is 134 Å². The van der Waals surface area contributed by atoms with Crippen LogP contribution in [-0.2, 0) is 4.79 Å². The third-order valence-electron chi connectivity index (χ3n) is 3.16. The Morgan fingerprint density at radius 2 is 2.11 bits per heavy atom. The predicted molar refractivity (Wildman–Crippen MR) is 63.8 cm³/mol. The number of carbonyl (C=O) groups is 1. The van der Waals surface area contributed by atoms with Gasteiger partial charge in [0.25, 0.3) is 5.62 Å². The molecule has 8 nitrogen and oxygen atoms in total. The quantitative estimate of drug-likeness (QED) is 0.495. The van der Waals surface area contributed by atoms with Crippen molar-refractivity contribution in [3.8, 4) is 0 Å². The summed E-state index contributed by atoms with van der Waals surface area (Å²) in [5.41, 5.74) is 10.5. The van der Waals surface area contributed by atoms with Gasteiger partial charge in [-0.3, -0.25) is 10.2 Å². The third-order valence-corrected chi connectivity index (χ3v) is 3.16. The second-order valence-electron chi connectivity index (χ2n) is 4.34. The molecule has 0 unspecified atom stereocenters. The number of rotatable bonds is 2. The summed E-state index contributed by atoms with van der Waals surface area (Å²) >= 11 is 0. The van der Waals surface area contributed by atoms with Crippen LogP contribution >= 0.6 is 0 Å². The van der Waals surface area contributed by atoms with Crippen molar-refractivity contribution in [2.75, 3.05) is 23.7 Å². The van der Waals surface area contributed by atoms with Crippen LogP contribution in [0, 0.1) is 11.3 Å². The molecule has 1 aliphatic heterocycles. The molecule has 1 aromatic rings. The fourth-order valence-electron chi connectivity index (χ4n) is 2.06. The van der Waals surface area contributed by atoms with Crippen LogP contribution in [0.2, 0.25) is 0 Å². The lowest BCUT2D eigenvalue weighted by molar-refractivity contribution is -0.122. The summed E-state index contributed by atoms with van der Waals surface area (Å²) in [5.74, 6) is 0.220. The Balaban J connectivity index is 2.15. The van der Waals surface area contributed by atoms with E-state index in [4.69, 9.17) is 16.9 Å². The van der Waals surface area contributed by atoms with E-state index in [1.165, 1.54) is 6.07 Å². The van der Waals surface area contributed by atoms with E-state index < -0.39 is 0 Å². The molecule has 6 N–H and O–H groups in total. The van der Waals surface area contributed by atoms with Gasteiger partial charge in [0.05, 0.1) is 0 Å². The predicted octanol–water partition coefficient (Wildman–Crippen LogP) is -1.12. The van der Waals surface area contributed by atoms with Crippen molar-refractivity contribution in [1.29, 1.82) is 5.41 Å². The van der Waals surface area contributed by atoms with Gasteiger partial charge in [-0.05, 0) is 12.8 Å². The fourth-order valence-corrected chi connectivity index (χ4v) is 2.06. The first-order valence-electron chi connectivity index (χ1n) is 5.66. The number of piperidine rings is 1. The number of amides is 1. The minimum atomic E-state index is -0.318. The molecule has 1 aliphatic rings. The average molecular weight is 252 g/mol. The van der Waals surface area contributed by atoms with Crippen molar-refractivity contribution in [3.63, 3.8) is 0 Å². The van der Waals surface area contributed by atoms with Crippen molar-refractivity contribution >= 4 is 17.5 Å². The molecule has 1 amide bonds. The molecule has 1 saturated heterocycles. The van der Waals surface area contributed by atoms with E-state index in [2.05, 4.69) is 4.98 Å². The summed E-state index contributed by atoms with van der Waals surface area (Å²) in [6, 6.07) is 1.50. The van der Waals surface area contributed by atoms with Gasteiger partial charge in [-0.1, -0.05) is 0 Å². The number of hydrogen-bond acceptors (Lipinski definition) is 6. The summed E-state index contributed by atoms with van der Waals surface area (Å²) in [7, 11) is 0. The summed E-state index contributed by atoms with van der Waals surface area (Å²) in [6.07, 6.45) is 1.33. The van der Waals surface area contributed by atoms with Crippen molar-refractivity contribution < 1.29 is 10.0 Å². The molecule has 2 rings (SSSR count). The maximum atomic E-state index is 11.1. The van der Waals surface area contributed by atoms with E-state index in [9.17, 15) is 10.0 Å². The first-order chi connectivity index (χ1) is 8.49. The van der Waals surface area contributed by atoms with Crippen molar-refractivity contribution in [1.82, 2.24) is 9.71 Å². The Morgan fingerprint density at radius 1 is 1.50 bits per heavy atom. The number of nitrogens with one attached hydrogen (secondary N) is 1. The molecular formula is C10H16N6O2. The second kappa shape index (κ2) is 4.55. The van der Waals surface area contributed by atoms with E-state index in [1.807, 2.05) is 4.90 Å². The van der Waals surface area contributed by atoms with Gasteiger partial charge in [-0.2, -0.15) is 4.98 Å². The lowest BCUT2D eigenvalue weighted by Crippen LogP contribution is -2.40. The smallest absolute Gasteiger partial charge is 0.259 e. The molecule has 18 heavy (non-hydrogen) atoms. The number of carbonyl (C=O) groups excluding carboxylic acids is 1. The Hall–Kier alpha value is -2.25. The van der Waals surface area contributed by atoms with E-state index in [-0.39, 0.29) is 23.3 Å². The van der Waals surface area contributed by atoms with Gasteiger partial charge in [0.1, 0.15) is 11.6 Å². The molecule has 1 aromatic heterocycles. The highest BCUT2D eigenvalue weighted by atomic mass is 16.5. The fraction of sp³-hybridized carbons (Fsp3) is 0.500. The van der Waals surface area contributed by atoms with Crippen LogP contribution in [0.15, 0.2) is 6.07 Å². The standard InChI is InChI=1S/C10H16N6O2/c11-7-5-8(14-10(13)16(7)18)15-3-1-6(2-4-15)9(12)17/h5-6,13,18H,1-4,11H2,(H2,12,17). The average Bonchev–Trinajstić information content (AvgIpc) is 2.35. The molecule has 0 aliphatic carbocycles. The lowest BCUT2D eigenvalue weighted by Gasteiger charge is -2.31. The van der Waals surface area contributed by atoms with E-state index in [1.54, 1.807) is 0 Å². The monoisotopic (exact) mass is 252 g/mol. The maximum Gasteiger partial charge on any atom is 0.259 e. The Morgan fingerprint density at radius 3 is 2.61 bits per heavy atom.